The quantitative estimate of drug-likeness (QED) is 0.803. The molecule has 3 amide bonds. The van der Waals surface area contributed by atoms with Gasteiger partial charge in [0, 0.05) is 7.05 Å². The number of likely N-dealkylation sites (N-methyl/N-ethyl adjacent to an activating group) is 1. The van der Waals surface area contributed by atoms with Crippen molar-refractivity contribution < 1.29 is 14.2 Å². The van der Waals surface area contributed by atoms with Crippen LogP contribution in [0.3, 0.4) is 0 Å². The second-order valence-corrected chi connectivity index (χ2v) is 6.90. The lowest BCUT2D eigenvalue weighted by atomic mass is 10.1. The molecule has 4 rings (SSSR count). The molecule has 0 bridgehead atoms. The van der Waals surface area contributed by atoms with Gasteiger partial charge in [-0.3, -0.25) is 14.6 Å². The SMILES string of the molecule is CC1=NNC2=[N+](C1C)C1C(=O)N(Cc3cccc(C)c3)C(=O)N(C)C1=N2. The molecule has 1 fully saturated rings. The number of aryl methyl sites for hydroxylation is 1. The number of benzene rings is 1. The van der Waals surface area contributed by atoms with Gasteiger partial charge in [0.05, 0.1) is 12.3 Å². The third kappa shape index (κ3) is 2.33. The maximum atomic E-state index is 13.2. The van der Waals surface area contributed by atoms with E-state index in [0.29, 0.717) is 11.8 Å². The van der Waals surface area contributed by atoms with Crippen LogP contribution in [0.5, 0.6) is 0 Å². The molecule has 1 aromatic carbocycles. The Kier molecular flexibility index (Phi) is 3.64. The molecular formula is C18H21N6O2+. The fourth-order valence-electron chi connectivity index (χ4n) is 3.54. The van der Waals surface area contributed by atoms with Crippen LogP contribution >= 0.6 is 0 Å². The number of carbonyl (C=O) groups is 2. The molecule has 26 heavy (non-hydrogen) atoms. The zero-order chi connectivity index (χ0) is 18.6. The maximum Gasteiger partial charge on any atom is 0.414 e. The normalized spacial score (nSPS) is 24.9. The molecule has 3 aliphatic rings. The Morgan fingerprint density at radius 1 is 1.27 bits per heavy atom. The van der Waals surface area contributed by atoms with Crippen molar-refractivity contribution in [2.24, 2.45) is 10.1 Å². The van der Waals surface area contributed by atoms with E-state index in [-0.39, 0.29) is 24.5 Å². The third-order valence-electron chi connectivity index (χ3n) is 5.13. The predicted molar refractivity (Wildman–Crippen MR) is 97.1 cm³/mol. The van der Waals surface area contributed by atoms with Crippen molar-refractivity contribution in [1.82, 2.24) is 15.2 Å². The third-order valence-corrected chi connectivity index (χ3v) is 5.13. The van der Waals surface area contributed by atoms with Gasteiger partial charge in [-0.15, -0.1) is 5.10 Å². The number of amides is 3. The summed E-state index contributed by atoms with van der Waals surface area (Å²) < 4.78 is 1.90. The van der Waals surface area contributed by atoms with Crippen LogP contribution in [0.2, 0.25) is 0 Å². The van der Waals surface area contributed by atoms with Gasteiger partial charge in [-0.2, -0.15) is 5.43 Å². The number of nitrogens with one attached hydrogen (secondary N) is 1. The second-order valence-electron chi connectivity index (χ2n) is 6.90. The average Bonchev–Trinajstić information content (AvgIpc) is 3.01. The summed E-state index contributed by atoms with van der Waals surface area (Å²) in [5.74, 6) is 0.694. The summed E-state index contributed by atoms with van der Waals surface area (Å²) in [6.07, 6.45) is 0. The van der Waals surface area contributed by atoms with E-state index >= 15 is 0 Å². The van der Waals surface area contributed by atoms with Crippen LogP contribution in [0, 0.1) is 6.92 Å². The highest BCUT2D eigenvalue weighted by Crippen LogP contribution is 2.24. The van der Waals surface area contributed by atoms with Crippen LogP contribution < -0.4 is 5.43 Å². The number of hydrogen-bond donors (Lipinski definition) is 1. The Bertz CT molecular complexity index is 916. The Hall–Kier alpha value is -3.03. The van der Waals surface area contributed by atoms with Crippen molar-refractivity contribution in [3.8, 4) is 0 Å². The summed E-state index contributed by atoms with van der Waals surface area (Å²) in [6.45, 7) is 6.11. The average molecular weight is 353 g/mol. The second kappa shape index (κ2) is 5.76. The molecule has 0 aromatic heterocycles. The van der Waals surface area contributed by atoms with E-state index in [0.717, 1.165) is 16.8 Å². The number of guanidine groups is 1. The smallest absolute Gasteiger partial charge is 0.270 e. The van der Waals surface area contributed by atoms with E-state index in [1.54, 1.807) is 7.05 Å². The number of carbonyl (C=O) groups excluding carboxylic acids is 2. The largest absolute Gasteiger partial charge is 0.414 e. The molecule has 0 saturated carbocycles. The predicted octanol–water partition coefficient (Wildman–Crippen LogP) is 0.906. The van der Waals surface area contributed by atoms with Gasteiger partial charge in [0.2, 0.25) is 11.9 Å². The van der Waals surface area contributed by atoms with Crippen molar-refractivity contribution in [3.63, 3.8) is 0 Å². The maximum absolute atomic E-state index is 13.2. The van der Waals surface area contributed by atoms with Crippen LogP contribution in [-0.2, 0) is 11.3 Å². The van der Waals surface area contributed by atoms with Gasteiger partial charge >= 0.3 is 12.0 Å². The molecule has 1 aromatic rings. The fraction of sp³-hybridized carbons (Fsp3) is 0.389. The number of hydrazone groups is 1. The zero-order valence-electron chi connectivity index (χ0n) is 15.2. The molecule has 3 heterocycles. The molecule has 3 aliphatic heterocycles. The first-order valence-electron chi connectivity index (χ1n) is 8.57. The number of fused-ring (bicyclic) bond motifs is 2. The van der Waals surface area contributed by atoms with Gasteiger partial charge in [0.25, 0.3) is 5.91 Å². The summed E-state index contributed by atoms with van der Waals surface area (Å²) in [5, 5.41) is 4.23. The number of imide groups is 1. The molecular weight excluding hydrogens is 332 g/mol. The molecule has 1 N–H and O–H groups in total. The lowest BCUT2D eigenvalue weighted by Crippen LogP contribution is -2.64. The van der Waals surface area contributed by atoms with Crippen LogP contribution in [0.4, 0.5) is 4.79 Å². The Morgan fingerprint density at radius 2 is 2.04 bits per heavy atom. The summed E-state index contributed by atoms with van der Waals surface area (Å²) in [4.78, 5) is 33.2. The van der Waals surface area contributed by atoms with Gasteiger partial charge in [-0.05, 0) is 26.3 Å². The summed E-state index contributed by atoms with van der Waals surface area (Å²) in [7, 11) is 1.65. The first kappa shape index (κ1) is 16.4. The summed E-state index contributed by atoms with van der Waals surface area (Å²) in [5.41, 5.74) is 5.76. The molecule has 0 aliphatic carbocycles. The molecule has 0 radical (unpaired) electrons. The first-order valence-corrected chi connectivity index (χ1v) is 8.57. The standard InChI is InChI=1S/C18H20N6O2/c1-10-6-5-7-13(8-10)9-23-16(25)14-15(22(4)18(23)26)19-17-21-20-11(2)12(3)24(14)17/h5-8,12,14H,9H2,1-4H3/p+1. The molecule has 8 heteroatoms. The number of rotatable bonds is 2. The van der Waals surface area contributed by atoms with E-state index in [1.165, 1.54) is 9.80 Å². The van der Waals surface area contributed by atoms with E-state index in [9.17, 15) is 9.59 Å². The van der Waals surface area contributed by atoms with E-state index in [4.69, 9.17) is 0 Å². The molecule has 1 saturated heterocycles. The summed E-state index contributed by atoms with van der Waals surface area (Å²) >= 11 is 0. The van der Waals surface area contributed by atoms with Gasteiger partial charge in [0.1, 0.15) is 6.04 Å². The molecule has 2 atom stereocenters. The number of hydrogen-bond acceptors (Lipinski definition) is 5. The summed E-state index contributed by atoms with van der Waals surface area (Å²) in [6, 6.07) is 6.76. The van der Waals surface area contributed by atoms with Crippen LogP contribution in [0.25, 0.3) is 0 Å². The van der Waals surface area contributed by atoms with Gasteiger partial charge < -0.3 is 0 Å². The highest BCUT2D eigenvalue weighted by molar-refractivity contribution is 6.23. The Labute approximate surface area is 151 Å². The molecule has 134 valence electrons. The highest BCUT2D eigenvalue weighted by atomic mass is 16.2. The van der Waals surface area contributed by atoms with Gasteiger partial charge in [0.15, 0.2) is 0 Å². The minimum Gasteiger partial charge on any atom is -0.270 e. The van der Waals surface area contributed by atoms with E-state index in [2.05, 4.69) is 15.5 Å². The van der Waals surface area contributed by atoms with Gasteiger partial charge in [-0.25, -0.2) is 9.37 Å². The van der Waals surface area contributed by atoms with Crippen LogP contribution in [0.1, 0.15) is 25.0 Å². The number of urea groups is 1. The van der Waals surface area contributed by atoms with E-state index < -0.39 is 6.04 Å². The van der Waals surface area contributed by atoms with Crippen molar-refractivity contribution in [2.75, 3.05) is 7.05 Å². The number of amidine groups is 1. The minimum atomic E-state index is -0.620. The monoisotopic (exact) mass is 353 g/mol. The van der Waals surface area contributed by atoms with Crippen molar-refractivity contribution in [3.05, 3.63) is 35.4 Å². The number of nitrogens with zero attached hydrogens (tertiary/aromatic N) is 5. The van der Waals surface area contributed by atoms with E-state index in [1.807, 2.05) is 49.6 Å². The number of aliphatic imine (C=N–C) groups is 1. The lowest BCUT2D eigenvalue weighted by Gasteiger charge is -2.35. The van der Waals surface area contributed by atoms with Crippen molar-refractivity contribution in [2.45, 2.75) is 39.4 Å². The molecule has 2 unspecified atom stereocenters. The topological polar surface area (TPSA) is 80.4 Å². The first-order chi connectivity index (χ1) is 12.4. The minimum absolute atomic E-state index is 0.0797. The van der Waals surface area contributed by atoms with Crippen molar-refractivity contribution >= 4 is 29.4 Å². The lowest BCUT2D eigenvalue weighted by molar-refractivity contribution is -0.555. The van der Waals surface area contributed by atoms with Crippen molar-refractivity contribution in [1.29, 1.82) is 0 Å². The Balaban J connectivity index is 1.70. The highest BCUT2D eigenvalue weighted by Gasteiger charge is 2.54. The fourth-order valence-corrected chi connectivity index (χ4v) is 3.54. The molecule has 0 spiro atoms. The van der Waals surface area contributed by atoms with Crippen LogP contribution in [-0.4, -0.2) is 63.0 Å². The van der Waals surface area contributed by atoms with Crippen LogP contribution in [0.15, 0.2) is 34.4 Å². The van der Waals surface area contributed by atoms with Gasteiger partial charge in [-0.1, -0.05) is 34.8 Å². The Morgan fingerprint density at radius 3 is 2.77 bits per heavy atom. The zero-order valence-corrected chi connectivity index (χ0v) is 15.2. The molecule has 8 nitrogen and oxygen atoms in total.